The first kappa shape index (κ1) is 21.9. The van der Waals surface area contributed by atoms with E-state index >= 15 is 0 Å². The normalized spacial score (nSPS) is 19.1. The molecule has 1 amide bonds. The number of nitrogens with one attached hydrogen (secondary N) is 1. The second kappa shape index (κ2) is 9.38. The van der Waals surface area contributed by atoms with E-state index in [4.69, 9.17) is 9.47 Å². The summed E-state index contributed by atoms with van der Waals surface area (Å²) in [5.74, 6) is 1.67. The third-order valence-corrected chi connectivity index (χ3v) is 6.42. The Morgan fingerprint density at radius 3 is 2.38 bits per heavy atom. The van der Waals surface area contributed by atoms with Crippen molar-refractivity contribution in [2.24, 2.45) is 11.3 Å². The smallest absolute Gasteiger partial charge is 0.410 e. The van der Waals surface area contributed by atoms with Crippen molar-refractivity contribution in [1.29, 1.82) is 0 Å². The fraction of sp³-hybridized carbons (Fsp3) is 0.708. The van der Waals surface area contributed by atoms with Crippen LogP contribution in [0.5, 0.6) is 5.75 Å². The molecule has 5 nitrogen and oxygen atoms in total. The Balaban J connectivity index is 1.34. The average Bonchev–Trinajstić information content (AvgIpc) is 3.48. The van der Waals surface area contributed by atoms with E-state index in [2.05, 4.69) is 17.4 Å². The summed E-state index contributed by atoms with van der Waals surface area (Å²) in [5.41, 5.74) is 1.42. The van der Waals surface area contributed by atoms with E-state index in [0.717, 1.165) is 50.7 Å². The molecule has 0 atom stereocenters. The Hall–Kier alpha value is -1.75. The van der Waals surface area contributed by atoms with Crippen molar-refractivity contribution in [3.63, 3.8) is 0 Å². The molecule has 1 aliphatic heterocycles. The summed E-state index contributed by atoms with van der Waals surface area (Å²) < 4.78 is 10.7. The minimum atomic E-state index is -0.412. The predicted molar refractivity (Wildman–Crippen MR) is 116 cm³/mol. The molecule has 1 heterocycles. The van der Waals surface area contributed by atoms with Gasteiger partial charge in [0.2, 0.25) is 0 Å². The highest BCUT2D eigenvalue weighted by atomic mass is 16.6. The SMILES string of the molecule is COc1ccc(CNCCCC2(C3CCN(C(=O)OC(C)(C)C)CC3)CC2)cc1. The molecule has 1 aromatic rings. The lowest BCUT2D eigenvalue weighted by molar-refractivity contribution is 0.0146. The van der Waals surface area contributed by atoms with Crippen LogP contribution in [0, 0.1) is 11.3 Å². The van der Waals surface area contributed by atoms with E-state index in [9.17, 15) is 4.79 Å². The van der Waals surface area contributed by atoms with Crippen LogP contribution in [-0.4, -0.2) is 43.3 Å². The number of likely N-dealkylation sites (tertiary alicyclic amines) is 1. The quantitative estimate of drug-likeness (QED) is 0.622. The van der Waals surface area contributed by atoms with E-state index in [1.165, 1.54) is 31.2 Å². The van der Waals surface area contributed by atoms with Crippen molar-refractivity contribution >= 4 is 6.09 Å². The number of carbonyl (C=O) groups excluding carboxylic acids is 1. The maximum Gasteiger partial charge on any atom is 0.410 e. The fourth-order valence-electron chi connectivity index (χ4n) is 4.57. The number of ether oxygens (including phenoxy) is 2. The number of nitrogens with zero attached hydrogens (tertiary/aromatic N) is 1. The van der Waals surface area contributed by atoms with Crippen LogP contribution in [0.4, 0.5) is 4.79 Å². The molecular weight excluding hydrogens is 364 g/mol. The molecule has 1 saturated heterocycles. The topological polar surface area (TPSA) is 50.8 Å². The number of methoxy groups -OCH3 is 1. The third-order valence-electron chi connectivity index (χ3n) is 6.42. The molecule has 0 spiro atoms. The maximum absolute atomic E-state index is 12.3. The van der Waals surface area contributed by atoms with Gasteiger partial charge in [-0.25, -0.2) is 4.79 Å². The number of piperidine rings is 1. The lowest BCUT2D eigenvalue weighted by Crippen LogP contribution is -2.43. The molecule has 0 radical (unpaired) electrons. The van der Waals surface area contributed by atoms with Gasteiger partial charge in [0.05, 0.1) is 7.11 Å². The predicted octanol–water partition coefficient (Wildman–Crippen LogP) is 4.99. The largest absolute Gasteiger partial charge is 0.497 e. The van der Waals surface area contributed by atoms with Crippen molar-refractivity contribution in [2.45, 2.75) is 71.4 Å². The Kier molecular flexibility index (Phi) is 7.10. The average molecular weight is 403 g/mol. The Morgan fingerprint density at radius 1 is 1.17 bits per heavy atom. The highest BCUT2D eigenvalue weighted by Gasteiger charge is 2.49. The van der Waals surface area contributed by atoms with Crippen LogP contribution in [0.15, 0.2) is 24.3 Å². The summed E-state index contributed by atoms with van der Waals surface area (Å²) in [5, 5.41) is 3.58. The van der Waals surface area contributed by atoms with Gasteiger partial charge >= 0.3 is 6.09 Å². The van der Waals surface area contributed by atoms with Crippen LogP contribution < -0.4 is 10.1 Å². The second-order valence-electron chi connectivity index (χ2n) is 9.73. The summed E-state index contributed by atoms with van der Waals surface area (Å²) in [6.07, 6.45) is 7.35. The van der Waals surface area contributed by atoms with Gasteiger partial charge in [-0.1, -0.05) is 12.1 Å². The molecule has 5 heteroatoms. The number of hydrogen-bond acceptors (Lipinski definition) is 4. The zero-order valence-electron chi connectivity index (χ0n) is 18.6. The molecule has 1 aromatic carbocycles. The van der Waals surface area contributed by atoms with Gasteiger partial charge in [0, 0.05) is 19.6 Å². The Morgan fingerprint density at radius 2 is 1.83 bits per heavy atom. The van der Waals surface area contributed by atoms with Crippen LogP contribution >= 0.6 is 0 Å². The van der Waals surface area contributed by atoms with Crippen LogP contribution in [0.25, 0.3) is 0 Å². The zero-order valence-corrected chi connectivity index (χ0v) is 18.6. The summed E-state index contributed by atoms with van der Waals surface area (Å²) in [4.78, 5) is 14.2. The molecule has 0 unspecified atom stereocenters. The number of benzene rings is 1. The first-order valence-corrected chi connectivity index (χ1v) is 11.1. The lowest BCUT2D eigenvalue weighted by Gasteiger charge is -2.37. The van der Waals surface area contributed by atoms with Gasteiger partial charge in [0.1, 0.15) is 11.4 Å². The van der Waals surface area contributed by atoms with Gasteiger partial charge in [-0.2, -0.15) is 0 Å². The number of hydrogen-bond donors (Lipinski definition) is 1. The van der Waals surface area contributed by atoms with E-state index in [-0.39, 0.29) is 6.09 Å². The van der Waals surface area contributed by atoms with E-state index in [1.807, 2.05) is 37.8 Å². The van der Waals surface area contributed by atoms with Crippen molar-refractivity contribution in [1.82, 2.24) is 10.2 Å². The molecule has 1 aliphatic carbocycles. The molecule has 0 bridgehead atoms. The number of rotatable bonds is 8. The van der Waals surface area contributed by atoms with Gasteiger partial charge in [-0.15, -0.1) is 0 Å². The molecule has 162 valence electrons. The Bertz CT molecular complexity index is 654. The minimum Gasteiger partial charge on any atom is -0.497 e. The molecule has 1 N–H and O–H groups in total. The number of carbonyl (C=O) groups is 1. The van der Waals surface area contributed by atoms with E-state index < -0.39 is 5.60 Å². The molecule has 2 aliphatic rings. The summed E-state index contributed by atoms with van der Waals surface area (Å²) >= 11 is 0. The maximum atomic E-state index is 12.3. The second-order valence-corrected chi connectivity index (χ2v) is 9.73. The molecule has 1 saturated carbocycles. The van der Waals surface area contributed by atoms with Gasteiger partial charge in [0.15, 0.2) is 0 Å². The highest BCUT2D eigenvalue weighted by molar-refractivity contribution is 5.68. The highest BCUT2D eigenvalue weighted by Crippen LogP contribution is 2.58. The van der Waals surface area contributed by atoms with Gasteiger partial charge in [0.25, 0.3) is 0 Å². The standard InChI is InChI=1S/C24H38N2O3/c1-23(2,3)29-22(27)26-16-10-20(11-17-26)24(13-14-24)12-5-15-25-18-19-6-8-21(28-4)9-7-19/h6-9,20,25H,5,10-18H2,1-4H3. The fourth-order valence-corrected chi connectivity index (χ4v) is 4.57. The van der Waals surface area contributed by atoms with Crippen molar-refractivity contribution in [3.8, 4) is 5.75 Å². The zero-order chi connectivity index (χ0) is 20.9. The summed E-state index contributed by atoms with van der Waals surface area (Å²) in [6, 6.07) is 8.26. The van der Waals surface area contributed by atoms with Crippen LogP contribution in [0.3, 0.4) is 0 Å². The molecule has 2 fully saturated rings. The van der Waals surface area contributed by atoms with Crippen molar-refractivity contribution in [2.75, 3.05) is 26.7 Å². The Labute approximate surface area is 176 Å². The summed E-state index contributed by atoms with van der Waals surface area (Å²) in [7, 11) is 1.70. The lowest BCUT2D eigenvalue weighted by atomic mass is 9.79. The van der Waals surface area contributed by atoms with Crippen molar-refractivity contribution < 1.29 is 14.3 Å². The minimum absolute atomic E-state index is 0.150. The van der Waals surface area contributed by atoms with Gasteiger partial charge < -0.3 is 19.7 Å². The number of amides is 1. The van der Waals surface area contributed by atoms with E-state index in [1.54, 1.807) is 7.11 Å². The van der Waals surface area contributed by atoms with Crippen molar-refractivity contribution in [3.05, 3.63) is 29.8 Å². The molecule has 29 heavy (non-hydrogen) atoms. The molecular formula is C24H38N2O3. The van der Waals surface area contributed by atoms with Gasteiger partial charge in [-0.3, -0.25) is 0 Å². The van der Waals surface area contributed by atoms with Crippen LogP contribution in [-0.2, 0) is 11.3 Å². The third kappa shape index (κ3) is 6.36. The first-order valence-electron chi connectivity index (χ1n) is 11.1. The van der Waals surface area contributed by atoms with Crippen LogP contribution in [0.2, 0.25) is 0 Å². The first-order chi connectivity index (χ1) is 13.8. The van der Waals surface area contributed by atoms with E-state index in [0.29, 0.717) is 5.41 Å². The molecule has 3 rings (SSSR count). The van der Waals surface area contributed by atoms with Gasteiger partial charge in [-0.05, 0) is 94.9 Å². The monoisotopic (exact) mass is 402 g/mol. The summed E-state index contributed by atoms with van der Waals surface area (Å²) in [6.45, 7) is 9.45. The van der Waals surface area contributed by atoms with Crippen LogP contribution in [0.1, 0.15) is 64.9 Å². The molecule has 0 aromatic heterocycles.